The van der Waals surface area contributed by atoms with Crippen LogP contribution < -0.4 is 0 Å². The third kappa shape index (κ3) is 2.07. The van der Waals surface area contributed by atoms with Crippen molar-refractivity contribution < 1.29 is 4.79 Å². The first kappa shape index (κ1) is 8.31. The minimum atomic E-state index is 0.275. The molecule has 0 aromatic rings. The lowest BCUT2D eigenvalue weighted by Crippen LogP contribution is -2.35. The Morgan fingerprint density at radius 3 is 2.55 bits per heavy atom. The van der Waals surface area contributed by atoms with Crippen molar-refractivity contribution in [2.24, 2.45) is 0 Å². The molecule has 0 spiro atoms. The van der Waals surface area contributed by atoms with Gasteiger partial charge in [-0.25, -0.2) is 0 Å². The van der Waals surface area contributed by atoms with Gasteiger partial charge >= 0.3 is 0 Å². The predicted molar refractivity (Wildman–Crippen MR) is 45.2 cm³/mol. The molecule has 1 aliphatic heterocycles. The minimum absolute atomic E-state index is 0.275. The number of likely N-dealkylation sites (tertiary alicyclic amines) is 1. The fourth-order valence-electron chi connectivity index (χ4n) is 1.30. The molecule has 1 heterocycles. The van der Waals surface area contributed by atoms with Crippen LogP contribution in [0.5, 0.6) is 0 Å². The van der Waals surface area contributed by atoms with Gasteiger partial charge in [-0.3, -0.25) is 4.79 Å². The van der Waals surface area contributed by atoms with E-state index in [0.717, 1.165) is 25.9 Å². The standard InChI is InChI=1S/C9H15NO/c1-3-9(11)10-6-4-8(2)5-7-10/h2-7H2,1H3. The Morgan fingerprint density at radius 1 is 1.55 bits per heavy atom. The summed E-state index contributed by atoms with van der Waals surface area (Å²) in [6.45, 7) is 7.57. The topological polar surface area (TPSA) is 20.3 Å². The van der Waals surface area contributed by atoms with Crippen molar-refractivity contribution in [3.63, 3.8) is 0 Å². The SMILES string of the molecule is C=C1CCN(C(=O)CC)CC1. The lowest BCUT2D eigenvalue weighted by atomic mass is 10.1. The normalized spacial score (nSPS) is 18.6. The second kappa shape index (κ2) is 3.56. The third-order valence-corrected chi connectivity index (χ3v) is 2.13. The highest BCUT2D eigenvalue weighted by Crippen LogP contribution is 2.14. The number of carbonyl (C=O) groups excluding carboxylic acids is 1. The van der Waals surface area contributed by atoms with Crippen molar-refractivity contribution in [3.05, 3.63) is 12.2 Å². The summed E-state index contributed by atoms with van der Waals surface area (Å²) in [4.78, 5) is 13.1. The molecule has 1 rings (SSSR count). The van der Waals surface area contributed by atoms with E-state index < -0.39 is 0 Å². The first-order valence-corrected chi connectivity index (χ1v) is 4.18. The van der Waals surface area contributed by atoms with Gasteiger partial charge in [0.25, 0.3) is 0 Å². The van der Waals surface area contributed by atoms with Crippen LogP contribution in [0.3, 0.4) is 0 Å². The van der Waals surface area contributed by atoms with Crippen molar-refractivity contribution in [2.45, 2.75) is 26.2 Å². The Bertz CT molecular complexity index is 164. The number of nitrogens with zero attached hydrogens (tertiary/aromatic N) is 1. The van der Waals surface area contributed by atoms with Gasteiger partial charge in [-0.2, -0.15) is 0 Å². The number of hydrogen-bond donors (Lipinski definition) is 0. The van der Waals surface area contributed by atoms with Crippen molar-refractivity contribution in [1.29, 1.82) is 0 Å². The second-order valence-corrected chi connectivity index (χ2v) is 2.98. The van der Waals surface area contributed by atoms with Crippen LogP contribution >= 0.6 is 0 Å². The van der Waals surface area contributed by atoms with E-state index in [9.17, 15) is 4.79 Å². The molecular formula is C9H15NO. The van der Waals surface area contributed by atoms with Gasteiger partial charge in [0.05, 0.1) is 0 Å². The highest BCUT2D eigenvalue weighted by Gasteiger charge is 2.15. The number of carbonyl (C=O) groups is 1. The van der Waals surface area contributed by atoms with E-state index in [1.54, 1.807) is 0 Å². The molecule has 62 valence electrons. The maximum absolute atomic E-state index is 11.2. The van der Waals surface area contributed by atoms with E-state index in [-0.39, 0.29) is 5.91 Å². The fraction of sp³-hybridized carbons (Fsp3) is 0.667. The van der Waals surface area contributed by atoms with E-state index in [0.29, 0.717) is 6.42 Å². The van der Waals surface area contributed by atoms with Gasteiger partial charge in [0.15, 0.2) is 0 Å². The average Bonchev–Trinajstić information content (AvgIpc) is 2.05. The van der Waals surface area contributed by atoms with Crippen LogP contribution in [0, 0.1) is 0 Å². The number of rotatable bonds is 1. The van der Waals surface area contributed by atoms with Crippen LogP contribution in [0.2, 0.25) is 0 Å². The Kier molecular flexibility index (Phi) is 2.69. The molecular weight excluding hydrogens is 138 g/mol. The Balaban J connectivity index is 2.39. The predicted octanol–water partition coefficient (Wildman–Crippen LogP) is 1.58. The summed E-state index contributed by atoms with van der Waals surface area (Å²) in [5.41, 5.74) is 1.28. The molecule has 0 aromatic heterocycles. The Morgan fingerprint density at radius 2 is 2.09 bits per heavy atom. The zero-order chi connectivity index (χ0) is 8.27. The highest BCUT2D eigenvalue weighted by molar-refractivity contribution is 5.75. The summed E-state index contributed by atoms with van der Waals surface area (Å²) in [5.74, 6) is 0.275. The molecule has 0 aliphatic carbocycles. The van der Waals surface area contributed by atoms with Crippen molar-refractivity contribution in [1.82, 2.24) is 4.90 Å². The molecule has 0 N–H and O–H groups in total. The molecule has 0 atom stereocenters. The summed E-state index contributed by atoms with van der Waals surface area (Å²) in [6.07, 6.45) is 2.62. The Labute approximate surface area is 67.9 Å². The van der Waals surface area contributed by atoms with E-state index >= 15 is 0 Å². The first-order chi connectivity index (χ1) is 5.24. The zero-order valence-corrected chi connectivity index (χ0v) is 7.10. The van der Waals surface area contributed by atoms with Gasteiger partial charge < -0.3 is 4.90 Å². The molecule has 0 unspecified atom stereocenters. The quantitative estimate of drug-likeness (QED) is 0.524. The number of hydrogen-bond acceptors (Lipinski definition) is 1. The second-order valence-electron chi connectivity index (χ2n) is 2.98. The highest BCUT2D eigenvalue weighted by atomic mass is 16.2. The largest absolute Gasteiger partial charge is 0.342 e. The maximum atomic E-state index is 11.2. The van der Waals surface area contributed by atoms with E-state index in [2.05, 4.69) is 6.58 Å². The van der Waals surface area contributed by atoms with Crippen molar-refractivity contribution in [2.75, 3.05) is 13.1 Å². The molecule has 2 heteroatoms. The van der Waals surface area contributed by atoms with Gasteiger partial charge in [-0.15, -0.1) is 0 Å². The van der Waals surface area contributed by atoms with E-state index in [4.69, 9.17) is 0 Å². The van der Waals surface area contributed by atoms with Gasteiger partial charge in [0.1, 0.15) is 0 Å². The van der Waals surface area contributed by atoms with Crippen LogP contribution in [0.1, 0.15) is 26.2 Å². The van der Waals surface area contributed by atoms with Crippen LogP contribution in [-0.4, -0.2) is 23.9 Å². The van der Waals surface area contributed by atoms with Crippen molar-refractivity contribution >= 4 is 5.91 Å². The van der Waals surface area contributed by atoms with Gasteiger partial charge in [0, 0.05) is 19.5 Å². The van der Waals surface area contributed by atoms with Crippen molar-refractivity contribution in [3.8, 4) is 0 Å². The molecule has 0 bridgehead atoms. The van der Waals surface area contributed by atoms with E-state index in [1.165, 1.54) is 5.57 Å². The molecule has 0 radical (unpaired) electrons. The van der Waals surface area contributed by atoms with Gasteiger partial charge in [0.2, 0.25) is 5.91 Å². The van der Waals surface area contributed by atoms with Crippen LogP contribution in [-0.2, 0) is 4.79 Å². The average molecular weight is 153 g/mol. The van der Waals surface area contributed by atoms with Crippen LogP contribution in [0.25, 0.3) is 0 Å². The minimum Gasteiger partial charge on any atom is -0.342 e. The molecule has 1 saturated heterocycles. The summed E-state index contributed by atoms with van der Waals surface area (Å²) in [6, 6.07) is 0. The smallest absolute Gasteiger partial charge is 0.222 e. The lowest BCUT2D eigenvalue weighted by molar-refractivity contribution is -0.131. The van der Waals surface area contributed by atoms with Gasteiger partial charge in [-0.1, -0.05) is 19.1 Å². The molecule has 2 nitrogen and oxygen atoms in total. The maximum Gasteiger partial charge on any atom is 0.222 e. The molecule has 0 saturated carbocycles. The summed E-state index contributed by atoms with van der Waals surface area (Å²) in [5, 5.41) is 0. The number of piperidine rings is 1. The van der Waals surface area contributed by atoms with Crippen LogP contribution in [0.15, 0.2) is 12.2 Å². The summed E-state index contributed by atoms with van der Waals surface area (Å²) < 4.78 is 0. The summed E-state index contributed by atoms with van der Waals surface area (Å²) in [7, 11) is 0. The lowest BCUT2D eigenvalue weighted by Gasteiger charge is -2.27. The molecule has 11 heavy (non-hydrogen) atoms. The molecule has 0 aromatic carbocycles. The third-order valence-electron chi connectivity index (χ3n) is 2.13. The zero-order valence-electron chi connectivity index (χ0n) is 7.10. The fourth-order valence-corrected chi connectivity index (χ4v) is 1.30. The van der Waals surface area contributed by atoms with Gasteiger partial charge in [-0.05, 0) is 12.8 Å². The monoisotopic (exact) mass is 153 g/mol. The van der Waals surface area contributed by atoms with E-state index in [1.807, 2.05) is 11.8 Å². The molecule has 1 amide bonds. The first-order valence-electron chi connectivity index (χ1n) is 4.18. The summed E-state index contributed by atoms with van der Waals surface area (Å²) >= 11 is 0. The number of amides is 1. The molecule has 1 fully saturated rings. The molecule has 1 aliphatic rings. The Hall–Kier alpha value is -0.790. The van der Waals surface area contributed by atoms with Crippen LogP contribution in [0.4, 0.5) is 0 Å².